The summed E-state index contributed by atoms with van der Waals surface area (Å²) in [4.78, 5) is 4.10. The van der Waals surface area contributed by atoms with Crippen LogP contribution in [-0.2, 0) is 0 Å². The molecule has 0 radical (unpaired) electrons. The summed E-state index contributed by atoms with van der Waals surface area (Å²) in [5.41, 5.74) is 8.73. The molecule has 0 aliphatic rings. The fraction of sp³-hybridized carbons (Fsp3) is 0.250. The summed E-state index contributed by atoms with van der Waals surface area (Å²) in [7, 11) is 1.89. The van der Waals surface area contributed by atoms with Crippen molar-refractivity contribution in [2.75, 3.05) is 12.8 Å². The SMILES string of the molecule is CNC(c1cnccc1N)c1ccoc1C. The molecule has 0 saturated carbocycles. The Bertz CT molecular complexity index is 479. The van der Waals surface area contributed by atoms with E-state index in [4.69, 9.17) is 10.2 Å². The van der Waals surface area contributed by atoms with Crippen LogP contribution in [0.15, 0.2) is 35.2 Å². The van der Waals surface area contributed by atoms with Gasteiger partial charge in [-0.05, 0) is 26.1 Å². The Morgan fingerprint density at radius 3 is 2.75 bits per heavy atom. The topological polar surface area (TPSA) is 64.1 Å². The lowest BCUT2D eigenvalue weighted by Crippen LogP contribution is -2.19. The highest BCUT2D eigenvalue weighted by molar-refractivity contribution is 5.49. The molecule has 2 aromatic heterocycles. The summed E-state index contributed by atoms with van der Waals surface area (Å²) < 4.78 is 5.31. The molecule has 0 aliphatic heterocycles. The van der Waals surface area contributed by atoms with Crippen LogP contribution in [0.1, 0.15) is 22.9 Å². The Morgan fingerprint density at radius 2 is 2.19 bits per heavy atom. The molecule has 2 rings (SSSR count). The molecule has 2 aromatic rings. The average molecular weight is 217 g/mol. The summed E-state index contributed by atoms with van der Waals surface area (Å²) in [6.07, 6.45) is 5.15. The Hall–Kier alpha value is -1.81. The number of nitrogen functional groups attached to an aromatic ring is 1. The first-order valence-electron chi connectivity index (χ1n) is 5.14. The number of nitrogens with zero attached hydrogens (tertiary/aromatic N) is 1. The average Bonchev–Trinajstić information content (AvgIpc) is 2.69. The van der Waals surface area contributed by atoms with Crippen molar-refractivity contribution in [3.05, 3.63) is 47.7 Å². The predicted molar refractivity (Wildman–Crippen MR) is 63.0 cm³/mol. The van der Waals surface area contributed by atoms with Crippen molar-refractivity contribution in [2.45, 2.75) is 13.0 Å². The lowest BCUT2D eigenvalue weighted by molar-refractivity contribution is 0.523. The number of pyridine rings is 1. The number of aromatic nitrogens is 1. The van der Waals surface area contributed by atoms with Crippen molar-refractivity contribution < 1.29 is 4.42 Å². The fourth-order valence-corrected chi connectivity index (χ4v) is 1.83. The van der Waals surface area contributed by atoms with Gasteiger partial charge in [0.2, 0.25) is 0 Å². The second-order valence-corrected chi connectivity index (χ2v) is 3.66. The van der Waals surface area contributed by atoms with Gasteiger partial charge in [-0.1, -0.05) is 0 Å². The molecule has 0 amide bonds. The van der Waals surface area contributed by atoms with E-state index in [1.165, 1.54) is 0 Å². The number of rotatable bonds is 3. The molecule has 0 bridgehead atoms. The van der Waals surface area contributed by atoms with Crippen molar-refractivity contribution in [1.82, 2.24) is 10.3 Å². The standard InChI is InChI=1S/C12H15N3O/c1-8-9(4-6-16-8)12(14-2)10-7-15-5-3-11(10)13/h3-7,12,14H,1-2H3,(H2,13,15). The fourth-order valence-electron chi connectivity index (χ4n) is 1.83. The van der Waals surface area contributed by atoms with E-state index in [0.29, 0.717) is 0 Å². The van der Waals surface area contributed by atoms with Gasteiger partial charge in [-0.3, -0.25) is 4.98 Å². The molecular formula is C12H15N3O. The summed E-state index contributed by atoms with van der Waals surface area (Å²) >= 11 is 0. The van der Waals surface area contributed by atoms with Crippen molar-refractivity contribution in [3.63, 3.8) is 0 Å². The lowest BCUT2D eigenvalue weighted by Gasteiger charge is -2.17. The monoisotopic (exact) mass is 217 g/mol. The molecule has 2 heterocycles. The van der Waals surface area contributed by atoms with Crippen LogP contribution in [0.2, 0.25) is 0 Å². The van der Waals surface area contributed by atoms with Gasteiger partial charge in [0.25, 0.3) is 0 Å². The highest BCUT2D eigenvalue weighted by atomic mass is 16.3. The van der Waals surface area contributed by atoms with E-state index in [-0.39, 0.29) is 6.04 Å². The quantitative estimate of drug-likeness (QED) is 0.823. The number of aryl methyl sites for hydroxylation is 1. The van der Waals surface area contributed by atoms with Crippen LogP contribution < -0.4 is 11.1 Å². The van der Waals surface area contributed by atoms with Gasteiger partial charge in [0.1, 0.15) is 5.76 Å². The van der Waals surface area contributed by atoms with Gasteiger partial charge in [-0.15, -0.1) is 0 Å². The van der Waals surface area contributed by atoms with Crippen molar-refractivity contribution in [1.29, 1.82) is 0 Å². The van der Waals surface area contributed by atoms with Gasteiger partial charge in [0.15, 0.2) is 0 Å². The van der Waals surface area contributed by atoms with E-state index < -0.39 is 0 Å². The summed E-state index contributed by atoms with van der Waals surface area (Å²) in [5.74, 6) is 0.891. The zero-order valence-corrected chi connectivity index (χ0v) is 9.40. The van der Waals surface area contributed by atoms with Crippen LogP contribution in [0, 0.1) is 6.92 Å². The number of hydrogen-bond acceptors (Lipinski definition) is 4. The smallest absolute Gasteiger partial charge is 0.105 e. The second-order valence-electron chi connectivity index (χ2n) is 3.66. The maximum Gasteiger partial charge on any atom is 0.105 e. The Kier molecular flexibility index (Phi) is 2.92. The molecular weight excluding hydrogens is 202 g/mol. The highest BCUT2D eigenvalue weighted by Gasteiger charge is 2.18. The number of nitrogens with one attached hydrogen (secondary N) is 1. The third kappa shape index (κ3) is 1.79. The van der Waals surface area contributed by atoms with Gasteiger partial charge in [-0.2, -0.15) is 0 Å². The number of nitrogens with two attached hydrogens (primary N) is 1. The molecule has 0 aromatic carbocycles. The van der Waals surface area contributed by atoms with Crippen LogP contribution in [0.5, 0.6) is 0 Å². The van der Waals surface area contributed by atoms with Crippen LogP contribution >= 0.6 is 0 Å². The van der Waals surface area contributed by atoms with Crippen molar-refractivity contribution >= 4 is 5.69 Å². The Morgan fingerprint density at radius 1 is 1.38 bits per heavy atom. The van der Waals surface area contributed by atoms with Gasteiger partial charge in [0.05, 0.1) is 12.3 Å². The lowest BCUT2D eigenvalue weighted by atomic mass is 10.00. The first-order chi connectivity index (χ1) is 7.74. The van der Waals surface area contributed by atoms with E-state index in [0.717, 1.165) is 22.6 Å². The molecule has 16 heavy (non-hydrogen) atoms. The first-order valence-corrected chi connectivity index (χ1v) is 5.14. The van der Waals surface area contributed by atoms with Gasteiger partial charge >= 0.3 is 0 Å². The Balaban J connectivity index is 2.45. The van der Waals surface area contributed by atoms with Crippen molar-refractivity contribution in [2.24, 2.45) is 0 Å². The number of anilines is 1. The van der Waals surface area contributed by atoms with E-state index in [9.17, 15) is 0 Å². The second kappa shape index (κ2) is 4.37. The predicted octanol–water partition coefficient (Wildman–Crippen LogP) is 1.87. The zero-order valence-electron chi connectivity index (χ0n) is 9.40. The van der Waals surface area contributed by atoms with Crippen LogP contribution in [0.25, 0.3) is 0 Å². The molecule has 84 valence electrons. The molecule has 4 nitrogen and oxygen atoms in total. The minimum absolute atomic E-state index is 0.0208. The summed E-state index contributed by atoms with van der Waals surface area (Å²) in [6.45, 7) is 1.94. The maximum atomic E-state index is 5.94. The minimum atomic E-state index is 0.0208. The number of furan rings is 1. The highest BCUT2D eigenvalue weighted by Crippen LogP contribution is 2.28. The van der Waals surface area contributed by atoms with E-state index in [1.807, 2.05) is 20.0 Å². The van der Waals surface area contributed by atoms with Crippen LogP contribution in [-0.4, -0.2) is 12.0 Å². The summed E-state index contributed by atoms with van der Waals surface area (Å²) in [6, 6.07) is 3.77. The minimum Gasteiger partial charge on any atom is -0.469 e. The van der Waals surface area contributed by atoms with Crippen LogP contribution in [0.4, 0.5) is 5.69 Å². The van der Waals surface area contributed by atoms with E-state index in [1.54, 1.807) is 24.7 Å². The van der Waals surface area contributed by atoms with Gasteiger partial charge in [0, 0.05) is 29.2 Å². The van der Waals surface area contributed by atoms with Gasteiger partial charge < -0.3 is 15.5 Å². The molecule has 0 saturated heterocycles. The zero-order chi connectivity index (χ0) is 11.5. The normalized spacial score (nSPS) is 12.6. The molecule has 1 unspecified atom stereocenters. The van der Waals surface area contributed by atoms with E-state index >= 15 is 0 Å². The largest absolute Gasteiger partial charge is 0.469 e. The molecule has 4 heteroatoms. The van der Waals surface area contributed by atoms with Gasteiger partial charge in [-0.25, -0.2) is 0 Å². The molecule has 0 fully saturated rings. The molecule has 0 aliphatic carbocycles. The van der Waals surface area contributed by atoms with E-state index in [2.05, 4.69) is 10.3 Å². The first kappa shape index (κ1) is 10.7. The van der Waals surface area contributed by atoms with Crippen molar-refractivity contribution in [3.8, 4) is 0 Å². The maximum absolute atomic E-state index is 5.94. The molecule has 1 atom stereocenters. The Labute approximate surface area is 94.5 Å². The molecule has 0 spiro atoms. The van der Waals surface area contributed by atoms with Crippen LogP contribution in [0.3, 0.4) is 0 Å². The number of hydrogen-bond donors (Lipinski definition) is 2. The third-order valence-electron chi connectivity index (χ3n) is 2.70. The molecule has 3 N–H and O–H groups in total. The third-order valence-corrected chi connectivity index (χ3v) is 2.70. The summed E-state index contributed by atoms with van der Waals surface area (Å²) in [5, 5.41) is 3.22.